The van der Waals surface area contributed by atoms with Gasteiger partial charge in [0, 0.05) is 24.2 Å². The van der Waals surface area contributed by atoms with Gasteiger partial charge in [-0.2, -0.15) is 0 Å². The molecule has 3 aromatic rings. The molecule has 0 fully saturated rings. The lowest BCUT2D eigenvalue weighted by Gasteiger charge is -2.19. The van der Waals surface area contributed by atoms with Crippen LogP contribution in [0.3, 0.4) is 0 Å². The number of carbonyl (C=O) groups excluding carboxylic acids is 1. The Labute approximate surface area is 140 Å². The molecule has 3 rings (SSSR count). The van der Waals surface area contributed by atoms with Crippen molar-refractivity contribution < 1.29 is 9.53 Å². The molecule has 6 nitrogen and oxygen atoms in total. The maximum atomic E-state index is 11.9. The van der Waals surface area contributed by atoms with E-state index < -0.39 is 11.7 Å². The van der Waals surface area contributed by atoms with Crippen molar-refractivity contribution in [2.24, 2.45) is 0 Å². The van der Waals surface area contributed by atoms with Crippen molar-refractivity contribution >= 4 is 17.4 Å². The molecular weight excluding hydrogens is 304 g/mol. The summed E-state index contributed by atoms with van der Waals surface area (Å²) in [6, 6.07) is 5.76. The fraction of sp³-hybridized carbons (Fsp3) is 0.278. The second-order valence-corrected chi connectivity index (χ2v) is 6.62. The summed E-state index contributed by atoms with van der Waals surface area (Å²) >= 11 is 0. The molecule has 0 saturated heterocycles. The average molecular weight is 324 g/mol. The Morgan fingerprint density at radius 1 is 1.25 bits per heavy atom. The van der Waals surface area contributed by atoms with Gasteiger partial charge in [-0.1, -0.05) is 0 Å². The minimum atomic E-state index is -0.557. The minimum absolute atomic E-state index is 0.430. The van der Waals surface area contributed by atoms with Crippen LogP contribution in [0.5, 0.6) is 0 Å². The van der Waals surface area contributed by atoms with Gasteiger partial charge in [-0.25, -0.2) is 9.78 Å². The van der Waals surface area contributed by atoms with Gasteiger partial charge in [-0.05, 0) is 51.5 Å². The highest BCUT2D eigenvalue weighted by Crippen LogP contribution is 2.24. The molecule has 0 bridgehead atoms. The van der Waals surface area contributed by atoms with Crippen LogP contribution >= 0.6 is 0 Å². The summed E-state index contributed by atoms with van der Waals surface area (Å²) in [6.45, 7) is 7.41. The van der Waals surface area contributed by atoms with Crippen molar-refractivity contribution in [3.8, 4) is 11.3 Å². The fourth-order valence-corrected chi connectivity index (χ4v) is 2.35. The van der Waals surface area contributed by atoms with Crippen LogP contribution in [0.25, 0.3) is 16.8 Å². The Hall–Kier alpha value is -2.89. The monoisotopic (exact) mass is 324 g/mol. The third-order valence-electron chi connectivity index (χ3n) is 3.42. The van der Waals surface area contributed by atoms with Crippen molar-refractivity contribution in [1.82, 2.24) is 14.4 Å². The molecule has 124 valence electrons. The van der Waals surface area contributed by atoms with Crippen molar-refractivity contribution in [2.75, 3.05) is 5.32 Å². The molecule has 0 unspecified atom stereocenters. The van der Waals surface area contributed by atoms with E-state index in [9.17, 15) is 4.79 Å². The summed E-state index contributed by atoms with van der Waals surface area (Å²) in [5, 5.41) is 2.66. The number of nitrogens with one attached hydrogen (secondary N) is 1. The summed E-state index contributed by atoms with van der Waals surface area (Å²) in [5.74, 6) is 0.430. The summed E-state index contributed by atoms with van der Waals surface area (Å²) in [6.07, 6.45) is 6.92. The second kappa shape index (κ2) is 5.96. The smallest absolute Gasteiger partial charge is 0.413 e. The van der Waals surface area contributed by atoms with Gasteiger partial charge in [0.15, 0.2) is 0 Å². The van der Waals surface area contributed by atoms with E-state index in [1.807, 2.05) is 62.8 Å². The Bertz CT molecular complexity index is 893. The molecule has 0 aliphatic rings. The van der Waals surface area contributed by atoms with Crippen molar-refractivity contribution in [2.45, 2.75) is 33.3 Å². The summed E-state index contributed by atoms with van der Waals surface area (Å²) in [5.41, 5.74) is 3.16. The second-order valence-electron chi connectivity index (χ2n) is 6.62. The fourth-order valence-electron chi connectivity index (χ4n) is 2.35. The molecule has 0 radical (unpaired) electrons. The Morgan fingerprint density at radius 2 is 2.04 bits per heavy atom. The zero-order valence-electron chi connectivity index (χ0n) is 14.2. The normalized spacial score (nSPS) is 11.5. The summed E-state index contributed by atoms with van der Waals surface area (Å²) in [4.78, 5) is 20.6. The molecule has 0 aliphatic carbocycles. The van der Waals surface area contributed by atoms with Crippen LogP contribution < -0.4 is 5.32 Å². The van der Waals surface area contributed by atoms with Crippen LogP contribution in [0, 0.1) is 6.92 Å². The van der Waals surface area contributed by atoms with Crippen LogP contribution in [0.1, 0.15) is 26.3 Å². The highest BCUT2D eigenvalue weighted by atomic mass is 16.6. The van der Waals surface area contributed by atoms with E-state index in [2.05, 4.69) is 15.3 Å². The van der Waals surface area contributed by atoms with E-state index in [1.54, 1.807) is 12.3 Å². The Morgan fingerprint density at radius 3 is 2.79 bits per heavy atom. The number of nitrogens with zero attached hydrogens (tertiary/aromatic N) is 3. The topological polar surface area (TPSA) is 68.5 Å². The molecule has 1 amide bonds. The standard InChI is InChI=1S/C18H20N4O2/c1-12-9-20-16(21-17(23)24-18(2,3)4)8-14(12)15-11-22-7-5-6-13(22)10-19-15/h5-11H,1-4H3,(H,20,21,23). The number of aryl methyl sites for hydroxylation is 1. The largest absolute Gasteiger partial charge is 0.444 e. The van der Waals surface area contributed by atoms with Gasteiger partial charge in [0.1, 0.15) is 11.4 Å². The maximum absolute atomic E-state index is 11.9. The first-order valence-corrected chi connectivity index (χ1v) is 7.71. The number of amides is 1. The molecule has 3 aromatic heterocycles. The van der Waals surface area contributed by atoms with Gasteiger partial charge in [0.05, 0.1) is 17.4 Å². The molecule has 0 saturated carbocycles. The van der Waals surface area contributed by atoms with Crippen molar-refractivity contribution in [3.05, 3.63) is 48.5 Å². The van der Waals surface area contributed by atoms with Crippen molar-refractivity contribution in [1.29, 1.82) is 0 Å². The lowest BCUT2D eigenvalue weighted by atomic mass is 10.1. The van der Waals surface area contributed by atoms with Crippen LogP contribution in [0.15, 0.2) is 43.0 Å². The first-order valence-electron chi connectivity index (χ1n) is 7.71. The maximum Gasteiger partial charge on any atom is 0.413 e. The number of hydrogen-bond acceptors (Lipinski definition) is 4. The number of hydrogen-bond donors (Lipinski definition) is 1. The number of ether oxygens (including phenoxy) is 1. The quantitative estimate of drug-likeness (QED) is 0.772. The highest BCUT2D eigenvalue weighted by Gasteiger charge is 2.17. The first kappa shape index (κ1) is 16.0. The number of fused-ring (bicyclic) bond motifs is 1. The molecular formula is C18H20N4O2. The molecule has 1 N–H and O–H groups in total. The Balaban J connectivity index is 1.90. The third kappa shape index (κ3) is 3.53. The van der Waals surface area contributed by atoms with Crippen LogP contribution in [-0.4, -0.2) is 26.1 Å². The Kier molecular flexibility index (Phi) is 3.97. The molecule has 0 spiro atoms. The van der Waals surface area contributed by atoms with Crippen molar-refractivity contribution in [3.63, 3.8) is 0 Å². The van der Waals surface area contributed by atoms with E-state index in [1.165, 1.54) is 0 Å². The molecule has 3 heterocycles. The predicted octanol–water partition coefficient (Wildman–Crippen LogP) is 4.05. The highest BCUT2D eigenvalue weighted by molar-refractivity contribution is 5.84. The minimum Gasteiger partial charge on any atom is -0.444 e. The zero-order chi connectivity index (χ0) is 17.3. The van der Waals surface area contributed by atoms with Gasteiger partial charge in [0.2, 0.25) is 0 Å². The molecule has 0 aliphatic heterocycles. The third-order valence-corrected chi connectivity index (χ3v) is 3.42. The summed E-state index contributed by atoms with van der Waals surface area (Å²) < 4.78 is 7.26. The molecule has 24 heavy (non-hydrogen) atoms. The van der Waals surface area contributed by atoms with E-state index >= 15 is 0 Å². The first-order chi connectivity index (χ1) is 11.3. The lowest BCUT2D eigenvalue weighted by Crippen LogP contribution is -2.27. The van der Waals surface area contributed by atoms with Crippen LogP contribution in [0.4, 0.5) is 10.6 Å². The van der Waals surface area contributed by atoms with E-state index in [4.69, 9.17) is 4.74 Å². The molecule has 6 heteroatoms. The zero-order valence-corrected chi connectivity index (χ0v) is 14.2. The van der Waals surface area contributed by atoms with E-state index in [-0.39, 0.29) is 0 Å². The van der Waals surface area contributed by atoms with Gasteiger partial charge < -0.3 is 9.14 Å². The van der Waals surface area contributed by atoms with E-state index in [0.717, 1.165) is 22.3 Å². The van der Waals surface area contributed by atoms with Gasteiger partial charge in [0.25, 0.3) is 0 Å². The SMILES string of the molecule is Cc1cnc(NC(=O)OC(C)(C)C)cc1-c1cn2cccc2cn1. The lowest BCUT2D eigenvalue weighted by molar-refractivity contribution is 0.0635. The molecule has 0 aromatic carbocycles. The van der Waals surface area contributed by atoms with Crippen LogP contribution in [-0.2, 0) is 4.74 Å². The number of aromatic nitrogens is 3. The average Bonchev–Trinajstić information content (AvgIpc) is 2.94. The number of anilines is 1. The van der Waals surface area contributed by atoms with Gasteiger partial charge in [-0.15, -0.1) is 0 Å². The number of carbonyl (C=O) groups is 1. The van der Waals surface area contributed by atoms with Gasteiger partial charge in [-0.3, -0.25) is 10.3 Å². The van der Waals surface area contributed by atoms with Gasteiger partial charge >= 0.3 is 6.09 Å². The summed E-state index contributed by atoms with van der Waals surface area (Å²) in [7, 11) is 0. The number of rotatable bonds is 2. The molecule has 0 atom stereocenters. The number of pyridine rings is 1. The van der Waals surface area contributed by atoms with Crippen LogP contribution in [0.2, 0.25) is 0 Å². The van der Waals surface area contributed by atoms with E-state index in [0.29, 0.717) is 5.82 Å². The predicted molar refractivity (Wildman–Crippen MR) is 93.0 cm³/mol.